The summed E-state index contributed by atoms with van der Waals surface area (Å²) in [5, 5.41) is 13.0. The highest BCUT2D eigenvalue weighted by molar-refractivity contribution is 14.2. The van der Waals surface area contributed by atoms with Crippen molar-refractivity contribution in [2.45, 2.75) is 13.0 Å². The number of likely N-dealkylation sites (N-methyl/N-ethyl adjacent to an activating group) is 1. The number of halogens is 1. The van der Waals surface area contributed by atoms with Crippen molar-refractivity contribution < 1.29 is 4.74 Å². The van der Waals surface area contributed by atoms with Crippen LogP contribution in [0.2, 0.25) is 0 Å². The molecule has 0 saturated carbocycles. The first-order chi connectivity index (χ1) is 10.5. The highest BCUT2D eigenvalue weighted by atomic mass is 127. The first kappa shape index (κ1) is 15.2. The molecule has 0 radical (unpaired) electrons. The van der Waals surface area contributed by atoms with Gasteiger partial charge in [0.15, 0.2) is 0 Å². The van der Waals surface area contributed by atoms with Crippen LogP contribution >= 0.6 is 21.0 Å². The summed E-state index contributed by atoms with van der Waals surface area (Å²) in [4.78, 5) is 4.14. The Morgan fingerprint density at radius 3 is 2.91 bits per heavy atom. The molecule has 7 nitrogen and oxygen atoms in total. The van der Waals surface area contributed by atoms with E-state index >= 15 is 0 Å². The van der Waals surface area contributed by atoms with Crippen molar-refractivity contribution in [3.05, 3.63) is 18.2 Å². The predicted molar refractivity (Wildman–Crippen MR) is 97.4 cm³/mol. The minimum atomic E-state index is -0.398. The van der Waals surface area contributed by atoms with Crippen molar-refractivity contribution in [2.24, 2.45) is 15.3 Å². The molecule has 0 fully saturated rings. The van der Waals surface area contributed by atoms with Crippen LogP contribution in [0.4, 0.5) is 11.4 Å². The van der Waals surface area contributed by atoms with Gasteiger partial charge in [-0.05, 0) is 19.1 Å². The molecule has 0 N–H and O–H groups in total. The number of hydrogen-bond acceptors (Lipinski definition) is 7. The van der Waals surface area contributed by atoms with Crippen molar-refractivity contribution in [3.63, 3.8) is 0 Å². The Balaban J connectivity index is 1.81. The smallest absolute Gasteiger partial charge is 0.206 e. The van der Waals surface area contributed by atoms with E-state index in [9.17, 15) is 0 Å². The molecule has 2 aliphatic heterocycles. The van der Waals surface area contributed by atoms with Gasteiger partial charge in [0.25, 0.3) is 0 Å². The summed E-state index contributed by atoms with van der Waals surface area (Å²) in [5.41, 5.74) is 1.90. The maximum atomic E-state index is 5.79. The SMILES string of the molecule is CC1COc2cc(N=NC3=IN(C)N=CN3C)ccc2N1C. The van der Waals surface area contributed by atoms with Crippen molar-refractivity contribution in [3.8, 4) is 5.75 Å². The molecule has 1 aromatic carbocycles. The van der Waals surface area contributed by atoms with Crippen LogP contribution in [0.15, 0.2) is 33.5 Å². The fourth-order valence-corrected chi connectivity index (χ4v) is 3.63. The minimum Gasteiger partial charge on any atom is -0.489 e. The zero-order chi connectivity index (χ0) is 15.7. The van der Waals surface area contributed by atoms with Gasteiger partial charge in [-0.3, -0.25) is 0 Å². The molecule has 0 aromatic heterocycles. The number of anilines is 1. The molecule has 1 atom stereocenters. The van der Waals surface area contributed by atoms with Crippen molar-refractivity contribution in [1.82, 2.24) is 8.12 Å². The number of nitrogens with zero attached hydrogens (tertiary/aromatic N) is 6. The van der Waals surface area contributed by atoms with E-state index in [0.717, 1.165) is 20.9 Å². The highest BCUT2D eigenvalue weighted by Gasteiger charge is 2.21. The second kappa shape index (κ2) is 6.19. The zero-order valence-electron chi connectivity index (χ0n) is 13.1. The van der Waals surface area contributed by atoms with Crippen LogP contribution in [0.5, 0.6) is 5.75 Å². The highest BCUT2D eigenvalue weighted by Crippen LogP contribution is 2.36. The van der Waals surface area contributed by atoms with Crippen molar-refractivity contribution in [1.29, 1.82) is 0 Å². The van der Waals surface area contributed by atoms with E-state index in [-0.39, 0.29) is 0 Å². The molecular weight excluding hydrogens is 395 g/mol. The first-order valence-electron chi connectivity index (χ1n) is 6.99. The topological polar surface area (TPSA) is 56.0 Å². The number of hydrogen-bond donors (Lipinski definition) is 0. The number of rotatable bonds is 2. The number of fused-ring (bicyclic) bond motifs is 1. The Labute approximate surface area is 140 Å². The summed E-state index contributed by atoms with van der Waals surface area (Å²) in [7, 11) is 5.98. The lowest BCUT2D eigenvalue weighted by Gasteiger charge is -2.33. The van der Waals surface area contributed by atoms with Gasteiger partial charge in [0, 0.05) is 27.2 Å². The standard InChI is InChI=1S/C14H19IN6O/c1-10-8-22-13-7-11(5-6-12(13)20(10)3)17-18-14-15-21(4)16-9-19(14)2/h5-7,9-10H,8H2,1-4H3. The third kappa shape index (κ3) is 3.06. The summed E-state index contributed by atoms with van der Waals surface area (Å²) in [6.45, 7) is 2.84. The average molecular weight is 414 g/mol. The zero-order valence-corrected chi connectivity index (χ0v) is 15.2. The molecule has 2 heterocycles. The summed E-state index contributed by atoms with van der Waals surface area (Å²) in [6.07, 6.45) is 1.75. The number of hydrazone groups is 1. The van der Waals surface area contributed by atoms with Gasteiger partial charge in [-0.25, -0.2) is 3.22 Å². The van der Waals surface area contributed by atoms with E-state index in [1.165, 1.54) is 0 Å². The fraction of sp³-hybridized carbons (Fsp3) is 0.429. The summed E-state index contributed by atoms with van der Waals surface area (Å²) >= 11 is -0.398. The Morgan fingerprint density at radius 2 is 2.09 bits per heavy atom. The maximum absolute atomic E-state index is 5.79. The molecule has 22 heavy (non-hydrogen) atoms. The lowest BCUT2D eigenvalue weighted by molar-refractivity contribution is 0.275. The van der Waals surface area contributed by atoms with Crippen LogP contribution in [0.3, 0.4) is 0 Å². The van der Waals surface area contributed by atoms with Crippen molar-refractivity contribution in [2.75, 3.05) is 32.6 Å². The van der Waals surface area contributed by atoms with Gasteiger partial charge in [-0.2, -0.15) is 5.10 Å². The normalized spacial score (nSPS) is 21.4. The van der Waals surface area contributed by atoms with Crippen molar-refractivity contribution >= 4 is 42.5 Å². The van der Waals surface area contributed by atoms with E-state index in [2.05, 4.69) is 34.2 Å². The molecule has 0 spiro atoms. The van der Waals surface area contributed by atoms with E-state index in [1.807, 2.05) is 40.4 Å². The molecule has 3 rings (SSSR count). The van der Waals surface area contributed by atoms with Gasteiger partial charge in [-0.15, -0.1) is 10.2 Å². The predicted octanol–water partition coefficient (Wildman–Crippen LogP) is 2.78. The number of benzene rings is 1. The number of ether oxygens (including phenoxy) is 1. The van der Waals surface area contributed by atoms with Gasteiger partial charge in [0.05, 0.1) is 38.4 Å². The molecule has 0 bridgehead atoms. The third-order valence-corrected chi connectivity index (χ3v) is 5.94. The largest absolute Gasteiger partial charge is 0.489 e. The van der Waals surface area contributed by atoms with Crippen LogP contribution < -0.4 is 9.64 Å². The molecule has 1 aromatic rings. The lowest BCUT2D eigenvalue weighted by atomic mass is 10.2. The van der Waals surface area contributed by atoms with Crippen LogP contribution in [-0.4, -0.2) is 52.0 Å². The van der Waals surface area contributed by atoms with Gasteiger partial charge < -0.3 is 14.5 Å². The summed E-state index contributed by atoms with van der Waals surface area (Å²) in [5.74, 6) is 0.868. The minimum absolute atomic E-state index is 0.381. The molecule has 0 amide bonds. The van der Waals surface area contributed by atoms with Gasteiger partial charge in [0.1, 0.15) is 18.7 Å². The average Bonchev–Trinajstić information content (AvgIpc) is 2.52. The van der Waals surface area contributed by atoms with E-state index in [4.69, 9.17) is 4.74 Å². The van der Waals surface area contributed by atoms with E-state index in [0.29, 0.717) is 12.6 Å². The molecule has 0 saturated heterocycles. The molecule has 2 aliphatic rings. The molecule has 118 valence electrons. The Kier molecular flexibility index (Phi) is 4.27. The van der Waals surface area contributed by atoms with Gasteiger partial charge in [-0.1, -0.05) is 0 Å². The second-order valence-corrected chi connectivity index (χ2v) is 8.11. The monoisotopic (exact) mass is 414 g/mol. The third-order valence-electron chi connectivity index (χ3n) is 3.59. The Hall–Kier alpha value is -1.71. The van der Waals surface area contributed by atoms with Gasteiger partial charge in [0.2, 0.25) is 3.76 Å². The van der Waals surface area contributed by atoms with Crippen LogP contribution in [0.1, 0.15) is 6.92 Å². The van der Waals surface area contributed by atoms with Crippen LogP contribution in [0, 0.1) is 0 Å². The fourth-order valence-electron chi connectivity index (χ4n) is 2.11. The molecule has 0 aliphatic carbocycles. The Morgan fingerprint density at radius 1 is 1.27 bits per heavy atom. The van der Waals surface area contributed by atoms with E-state index < -0.39 is 21.0 Å². The van der Waals surface area contributed by atoms with E-state index in [1.54, 1.807) is 6.34 Å². The molecule has 8 heteroatoms. The first-order valence-corrected chi connectivity index (χ1v) is 9.03. The Bertz CT molecular complexity index is 659. The lowest BCUT2D eigenvalue weighted by Crippen LogP contribution is -2.37. The second-order valence-electron chi connectivity index (χ2n) is 5.26. The number of azo groups is 1. The quantitative estimate of drug-likeness (QED) is 0.425. The van der Waals surface area contributed by atoms with Crippen LogP contribution in [0.25, 0.3) is 0 Å². The van der Waals surface area contributed by atoms with Gasteiger partial charge >= 0.3 is 0 Å². The molecular formula is C14H19IN6O. The summed E-state index contributed by atoms with van der Waals surface area (Å²) in [6, 6.07) is 6.34. The van der Waals surface area contributed by atoms with Crippen LogP contribution in [-0.2, 0) is 0 Å². The molecule has 1 unspecified atom stereocenters. The summed E-state index contributed by atoms with van der Waals surface area (Å²) < 4.78 is 8.68. The maximum Gasteiger partial charge on any atom is 0.206 e.